The summed E-state index contributed by atoms with van der Waals surface area (Å²) < 4.78 is 34.7. The molecule has 0 saturated heterocycles. The molecule has 1 aromatic carbocycles. The van der Waals surface area contributed by atoms with Crippen LogP contribution < -0.4 is 5.73 Å². The fourth-order valence-corrected chi connectivity index (χ4v) is 2.47. The van der Waals surface area contributed by atoms with Crippen molar-refractivity contribution in [3.8, 4) is 0 Å². The Morgan fingerprint density at radius 3 is 2.26 bits per heavy atom. The van der Waals surface area contributed by atoms with Gasteiger partial charge in [-0.2, -0.15) is 8.42 Å². The molecule has 0 bridgehead atoms. The topological polar surface area (TPSA) is 120 Å². The minimum Gasteiger partial charge on any atom is -0.460 e. The second-order valence-electron chi connectivity index (χ2n) is 6.97. The third-order valence-electron chi connectivity index (χ3n) is 3.24. The van der Waals surface area contributed by atoms with Gasteiger partial charge in [-0.3, -0.25) is 14.3 Å². The Balaban J connectivity index is 0.000000289. The van der Waals surface area contributed by atoms with Gasteiger partial charge in [0.15, 0.2) is 0 Å². The van der Waals surface area contributed by atoms with Crippen molar-refractivity contribution in [3.05, 3.63) is 59.9 Å². The molecule has 0 aliphatic rings. The largest absolute Gasteiger partial charge is 0.460 e. The van der Waals surface area contributed by atoms with Crippen molar-refractivity contribution in [2.24, 2.45) is 5.73 Å². The number of aromatic nitrogens is 1. The zero-order valence-corrected chi connectivity index (χ0v) is 16.7. The summed E-state index contributed by atoms with van der Waals surface area (Å²) in [6, 6.07) is 9.27. The first kappa shape index (κ1) is 22.8. The van der Waals surface area contributed by atoms with Crippen LogP contribution in [0.4, 0.5) is 0 Å². The predicted octanol–water partition coefficient (Wildman–Crippen LogP) is 3.05. The summed E-state index contributed by atoms with van der Waals surface area (Å²) >= 11 is 0. The Hall–Kier alpha value is -2.29. The minimum absolute atomic E-state index is 0.0666. The lowest BCUT2D eigenvalue weighted by molar-refractivity contribution is -0.155. The highest BCUT2D eigenvalue weighted by molar-refractivity contribution is 7.85. The molecule has 0 aliphatic heterocycles. The van der Waals surface area contributed by atoms with Crippen molar-refractivity contribution in [2.75, 3.05) is 0 Å². The molecule has 8 heteroatoms. The van der Waals surface area contributed by atoms with Crippen LogP contribution in [0.1, 0.15) is 44.4 Å². The second-order valence-corrected chi connectivity index (χ2v) is 8.39. The number of ether oxygens (including phenoxy) is 1. The van der Waals surface area contributed by atoms with E-state index in [2.05, 4.69) is 4.98 Å². The highest BCUT2D eigenvalue weighted by atomic mass is 32.2. The van der Waals surface area contributed by atoms with E-state index in [9.17, 15) is 13.2 Å². The second kappa shape index (κ2) is 9.59. The third-order valence-corrected chi connectivity index (χ3v) is 4.11. The van der Waals surface area contributed by atoms with Crippen LogP contribution in [0.15, 0.2) is 53.7 Å². The number of carbonyl (C=O) groups is 1. The average molecular weight is 394 g/mol. The van der Waals surface area contributed by atoms with Crippen molar-refractivity contribution < 1.29 is 22.5 Å². The molecular formula is C19H26N2O5S. The van der Waals surface area contributed by atoms with Gasteiger partial charge >= 0.3 is 5.97 Å². The van der Waals surface area contributed by atoms with Crippen LogP contribution in [0.3, 0.4) is 0 Å². The fraction of sp³-hybridized carbons (Fsp3) is 0.368. The maximum absolute atomic E-state index is 11.5. The summed E-state index contributed by atoms with van der Waals surface area (Å²) in [5, 5.41) is 0. The first-order valence-corrected chi connectivity index (χ1v) is 9.74. The molecule has 27 heavy (non-hydrogen) atoms. The van der Waals surface area contributed by atoms with E-state index in [1.807, 2.05) is 33.8 Å². The van der Waals surface area contributed by atoms with Crippen LogP contribution in [0.5, 0.6) is 0 Å². The van der Waals surface area contributed by atoms with E-state index in [1.54, 1.807) is 30.6 Å². The lowest BCUT2D eigenvalue weighted by Gasteiger charge is -2.20. The molecule has 1 aromatic heterocycles. The Morgan fingerprint density at radius 2 is 1.81 bits per heavy atom. The van der Waals surface area contributed by atoms with E-state index in [0.717, 1.165) is 11.1 Å². The minimum atomic E-state index is -4.02. The molecule has 0 amide bonds. The Labute approximate surface area is 160 Å². The number of rotatable bonds is 4. The average Bonchev–Trinajstić information content (AvgIpc) is 2.54. The van der Waals surface area contributed by atoms with Gasteiger partial charge in [0.05, 0.1) is 11.3 Å². The maximum atomic E-state index is 11.5. The van der Waals surface area contributed by atoms with Crippen LogP contribution >= 0.6 is 0 Å². The van der Waals surface area contributed by atoms with E-state index >= 15 is 0 Å². The summed E-state index contributed by atoms with van der Waals surface area (Å²) in [6.07, 6.45) is 3.50. The first-order valence-electron chi connectivity index (χ1n) is 8.30. The normalized spacial score (nSPS) is 12.5. The third kappa shape index (κ3) is 9.28. The molecular weight excluding hydrogens is 368 g/mol. The van der Waals surface area contributed by atoms with Crippen molar-refractivity contribution in [1.82, 2.24) is 4.98 Å². The smallest absolute Gasteiger partial charge is 0.308 e. The molecule has 1 atom stereocenters. The summed E-state index contributed by atoms with van der Waals surface area (Å²) in [7, 11) is -4.02. The van der Waals surface area contributed by atoms with Crippen LogP contribution in [0, 0.1) is 6.92 Å². The lowest BCUT2D eigenvalue weighted by atomic mass is 10.1. The molecule has 7 nitrogen and oxygen atoms in total. The fourth-order valence-electron chi connectivity index (χ4n) is 1.99. The summed E-state index contributed by atoms with van der Waals surface area (Å²) in [5.74, 6) is -0.288. The molecule has 0 saturated carbocycles. The van der Waals surface area contributed by atoms with Crippen LogP contribution in [0.2, 0.25) is 0 Å². The van der Waals surface area contributed by atoms with Gasteiger partial charge in [-0.15, -0.1) is 0 Å². The van der Waals surface area contributed by atoms with Crippen LogP contribution in [-0.4, -0.2) is 29.5 Å². The van der Waals surface area contributed by atoms with Gasteiger partial charge in [0.1, 0.15) is 5.60 Å². The van der Waals surface area contributed by atoms with Crippen molar-refractivity contribution >= 4 is 16.1 Å². The number of aryl methyl sites for hydroxylation is 1. The van der Waals surface area contributed by atoms with Crippen LogP contribution in [0.25, 0.3) is 0 Å². The number of pyridine rings is 1. The van der Waals surface area contributed by atoms with E-state index in [1.165, 1.54) is 12.1 Å². The Morgan fingerprint density at radius 1 is 1.22 bits per heavy atom. The quantitative estimate of drug-likeness (QED) is 0.604. The van der Waals surface area contributed by atoms with E-state index in [-0.39, 0.29) is 23.3 Å². The van der Waals surface area contributed by atoms with Gasteiger partial charge in [-0.25, -0.2) is 0 Å². The highest BCUT2D eigenvalue weighted by Gasteiger charge is 2.19. The monoisotopic (exact) mass is 394 g/mol. The number of hydrogen-bond donors (Lipinski definition) is 2. The Bertz CT molecular complexity index is 829. The van der Waals surface area contributed by atoms with Crippen LogP contribution in [-0.2, 0) is 19.6 Å². The molecule has 2 rings (SSSR count). The van der Waals surface area contributed by atoms with Gasteiger partial charge in [0.2, 0.25) is 0 Å². The van der Waals surface area contributed by atoms with E-state index < -0.39 is 15.7 Å². The first-order chi connectivity index (χ1) is 12.4. The molecule has 0 unspecified atom stereocenters. The number of nitrogens with two attached hydrogens (primary N) is 1. The van der Waals surface area contributed by atoms with Gasteiger partial charge in [0, 0.05) is 18.4 Å². The van der Waals surface area contributed by atoms with Crippen molar-refractivity contribution in [2.45, 2.75) is 50.7 Å². The molecule has 0 radical (unpaired) electrons. The molecule has 0 aliphatic carbocycles. The summed E-state index contributed by atoms with van der Waals surface area (Å²) in [4.78, 5) is 15.4. The van der Waals surface area contributed by atoms with Gasteiger partial charge < -0.3 is 10.5 Å². The number of esters is 1. The van der Waals surface area contributed by atoms with E-state index in [0.29, 0.717) is 0 Å². The number of hydrogen-bond acceptors (Lipinski definition) is 6. The SMILES string of the molecule is CC(C)(C)OC(=O)C[C@H](N)c1cccnc1.Cc1ccc(S(=O)(=O)O)cc1. The Kier molecular flexibility index (Phi) is 8.08. The van der Waals surface area contributed by atoms with Gasteiger partial charge in [-0.1, -0.05) is 23.8 Å². The molecule has 1 heterocycles. The highest BCUT2D eigenvalue weighted by Crippen LogP contribution is 2.16. The molecule has 0 spiro atoms. The predicted molar refractivity (Wildman–Crippen MR) is 103 cm³/mol. The number of benzene rings is 1. The number of carbonyl (C=O) groups excluding carboxylic acids is 1. The standard InChI is InChI=1S/C12H18N2O2.C7H8O3S/c1-12(2,3)16-11(15)7-10(13)9-5-4-6-14-8-9;1-6-2-4-7(5-3-6)11(8,9)10/h4-6,8,10H,7,13H2,1-3H3;2-5H,1H3,(H,8,9,10)/t10-;/m0./s1. The summed E-state index contributed by atoms with van der Waals surface area (Å²) in [6.45, 7) is 7.34. The molecule has 148 valence electrons. The van der Waals surface area contributed by atoms with Gasteiger partial charge in [-0.05, 0) is 51.5 Å². The lowest BCUT2D eigenvalue weighted by Crippen LogP contribution is -2.26. The van der Waals surface area contributed by atoms with Crippen molar-refractivity contribution in [3.63, 3.8) is 0 Å². The van der Waals surface area contributed by atoms with E-state index in [4.69, 9.17) is 15.0 Å². The maximum Gasteiger partial charge on any atom is 0.308 e. The summed E-state index contributed by atoms with van der Waals surface area (Å²) in [5.41, 5.74) is 7.20. The number of nitrogens with zero attached hydrogens (tertiary/aromatic N) is 1. The zero-order valence-electron chi connectivity index (χ0n) is 15.9. The molecule has 3 N–H and O–H groups in total. The van der Waals surface area contributed by atoms with Crippen molar-refractivity contribution in [1.29, 1.82) is 0 Å². The molecule has 0 fully saturated rings. The molecule has 2 aromatic rings. The van der Waals surface area contributed by atoms with Gasteiger partial charge in [0.25, 0.3) is 10.1 Å². The zero-order chi connectivity index (χ0) is 20.7.